The van der Waals surface area contributed by atoms with Gasteiger partial charge in [0.1, 0.15) is 5.82 Å². The quantitative estimate of drug-likeness (QED) is 0.705. The first-order chi connectivity index (χ1) is 5.59. The summed E-state index contributed by atoms with van der Waals surface area (Å²) in [5.41, 5.74) is 0. The topological polar surface area (TPSA) is 25.8 Å². The molecule has 0 aliphatic carbocycles. The van der Waals surface area contributed by atoms with Gasteiger partial charge in [0.25, 0.3) is 0 Å². The van der Waals surface area contributed by atoms with E-state index in [2.05, 4.69) is 30.1 Å². The van der Waals surface area contributed by atoms with Gasteiger partial charge in [0.05, 0.1) is 0 Å². The zero-order valence-corrected chi connectivity index (χ0v) is 9.50. The number of nitrogens with zero attached hydrogens (tertiary/aromatic N) is 2. The fourth-order valence-electron chi connectivity index (χ4n) is 0.621. The Bertz CT molecular complexity index is 245. The summed E-state index contributed by atoms with van der Waals surface area (Å²) < 4.78 is 5.23. The van der Waals surface area contributed by atoms with E-state index in [1.807, 2.05) is 18.7 Å². The van der Waals surface area contributed by atoms with Crippen LogP contribution in [-0.2, 0) is 0 Å². The Morgan fingerprint density at radius 3 is 2.42 bits per heavy atom. The van der Waals surface area contributed by atoms with E-state index in [1.165, 1.54) is 11.5 Å². The second kappa shape index (κ2) is 4.23. The van der Waals surface area contributed by atoms with E-state index in [4.69, 9.17) is 0 Å². The normalized spacial score (nSPS) is 13.8. The van der Waals surface area contributed by atoms with Crippen LogP contribution in [0.4, 0.5) is 0 Å². The molecule has 0 radical (unpaired) electrons. The van der Waals surface area contributed by atoms with Crippen LogP contribution in [0.2, 0.25) is 0 Å². The molecule has 1 aromatic rings. The minimum Gasteiger partial charge on any atom is -0.213 e. The van der Waals surface area contributed by atoms with Crippen molar-refractivity contribution in [2.24, 2.45) is 5.92 Å². The maximum Gasteiger partial charge on any atom is 0.170 e. The molecule has 0 saturated carbocycles. The van der Waals surface area contributed by atoms with Crippen molar-refractivity contribution < 1.29 is 0 Å². The number of hydrogen-bond donors (Lipinski definition) is 0. The second-order valence-electron chi connectivity index (χ2n) is 3.17. The van der Waals surface area contributed by atoms with Gasteiger partial charge in [-0.25, -0.2) is 4.98 Å². The fourth-order valence-corrected chi connectivity index (χ4v) is 2.56. The van der Waals surface area contributed by atoms with E-state index >= 15 is 0 Å². The summed E-state index contributed by atoms with van der Waals surface area (Å²) in [5.74, 6) is 1.58. The smallest absolute Gasteiger partial charge is 0.170 e. The van der Waals surface area contributed by atoms with Crippen molar-refractivity contribution in [3.63, 3.8) is 0 Å². The SMILES string of the molecule is Cc1nsc(SC(C)C(C)C)n1. The zero-order chi connectivity index (χ0) is 9.14. The molecule has 1 heterocycles. The third kappa shape index (κ3) is 2.75. The van der Waals surface area contributed by atoms with Crippen molar-refractivity contribution in [3.8, 4) is 0 Å². The van der Waals surface area contributed by atoms with Crippen molar-refractivity contribution in [1.82, 2.24) is 9.36 Å². The summed E-state index contributed by atoms with van der Waals surface area (Å²) >= 11 is 3.31. The molecule has 0 bridgehead atoms. The Kier molecular flexibility index (Phi) is 3.53. The predicted octanol–water partition coefficient (Wildman–Crippen LogP) is 2.98. The maximum absolute atomic E-state index is 4.30. The molecular formula is C8H14N2S2. The van der Waals surface area contributed by atoms with Gasteiger partial charge < -0.3 is 0 Å². The minimum absolute atomic E-state index is 0.623. The molecule has 0 amide bonds. The van der Waals surface area contributed by atoms with Crippen LogP contribution in [0.5, 0.6) is 0 Å². The summed E-state index contributed by atoms with van der Waals surface area (Å²) in [7, 11) is 0. The Hall–Kier alpha value is -0.0900. The Morgan fingerprint density at radius 1 is 1.33 bits per heavy atom. The molecule has 4 heteroatoms. The third-order valence-electron chi connectivity index (χ3n) is 1.73. The van der Waals surface area contributed by atoms with Crippen molar-refractivity contribution in [3.05, 3.63) is 5.82 Å². The molecule has 0 fully saturated rings. The van der Waals surface area contributed by atoms with Gasteiger partial charge in [0.2, 0.25) is 0 Å². The molecule has 12 heavy (non-hydrogen) atoms. The number of hydrogen-bond acceptors (Lipinski definition) is 4. The number of aromatic nitrogens is 2. The van der Waals surface area contributed by atoms with Gasteiger partial charge >= 0.3 is 0 Å². The lowest BCUT2D eigenvalue weighted by atomic mass is 10.2. The molecule has 1 rings (SSSR count). The maximum atomic E-state index is 4.30. The van der Waals surface area contributed by atoms with Gasteiger partial charge in [-0.05, 0) is 24.4 Å². The van der Waals surface area contributed by atoms with Crippen molar-refractivity contribution in [2.75, 3.05) is 0 Å². The Morgan fingerprint density at radius 2 is 2.00 bits per heavy atom. The van der Waals surface area contributed by atoms with Gasteiger partial charge in [0.15, 0.2) is 4.34 Å². The summed E-state index contributed by atoms with van der Waals surface area (Å²) in [5, 5.41) is 0.623. The van der Waals surface area contributed by atoms with Gasteiger partial charge in [-0.3, -0.25) is 0 Å². The molecule has 0 saturated heterocycles. The zero-order valence-electron chi connectivity index (χ0n) is 7.87. The second-order valence-corrected chi connectivity index (χ2v) is 5.55. The van der Waals surface area contributed by atoms with Crippen LogP contribution < -0.4 is 0 Å². The summed E-state index contributed by atoms with van der Waals surface area (Å²) in [6.45, 7) is 8.61. The average Bonchev–Trinajstić information content (AvgIpc) is 2.35. The lowest BCUT2D eigenvalue weighted by molar-refractivity contribution is 0.642. The van der Waals surface area contributed by atoms with Crippen LogP contribution in [0.15, 0.2) is 4.34 Å². The highest BCUT2D eigenvalue weighted by atomic mass is 32.2. The summed E-state index contributed by atoms with van der Waals surface area (Å²) in [6, 6.07) is 0. The average molecular weight is 202 g/mol. The van der Waals surface area contributed by atoms with E-state index in [0.29, 0.717) is 11.2 Å². The number of aryl methyl sites for hydroxylation is 1. The molecule has 0 aliphatic heterocycles. The van der Waals surface area contributed by atoms with Gasteiger partial charge in [-0.2, -0.15) is 4.37 Å². The molecule has 1 unspecified atom stereocenters. The van der Waals surface area contributed by atoms with Crippen LogP contribution in [0.25, 0.3) is 0 Å². The molecular weight excluding hydrogens is 188 g/mol. The Labute approximate surface area is 82.0 Å². The molecule has 2 nitrogen and oxygen atoms in total. The molecule has 68 valence electrons. The molecule has 0 aromatic carbocycles. The minimum atomic E-state index is 0.623. The summed E-state index contributed by atoms with van der Waals surface area (Å²) in [6.07, 6.45) is 0. The summed E-state index contributed by atoms with van der Waals surface area (Å²) in [4.78, 5) is 4.30. The van der Waals surface area contributed by atoms with Crippen LogP contribution >= 0.6 is 23.3 Å². The van der Waals surface area contributed by atoms with Crippen LogP contribution in [-0.4, -0.2) is 14.6 Å². The van der Waals surface area contributed by atoms with Crippen LogP contribution in [0.3, 0.4) is 0 Å². The molecule has 0 N–H and O–H groups in total. The predicted molar refractivity (Wildman–Crippen MR) is 54.8 cm³/mol. The first kappa shape index (κ1) is 9.99. The first-order valence-corrected chi connectivity index (χ1v) is 5.72. The Balaban J connectivity index is 2.52. The van der Waals surface area contributed by atoms with Crippen molar-refractivity contribution in [1.29, 1.82) is 0 Å². The van der Waals surface area contributed by atoms with E-state index in [1.54, 1.807) is 0 Å². The standard InChI is InChI=1S/C8H14N2S2/c1-5(2)6(3)11-8-9-7(4)10-12-8/h5-6H,1-4H3. The molecule has 1 atom stereocenters. The lowest BCUT2D eigenvalue weighted by Crippen LogP contribution is -2.04. The fraction of sp³-hybridized carbons (Fsp3) is 0.750. The highest BCUT2D eigenvalue weighted by molar-refractivity contribution is 8.01. The van der Waals surface area contributed by atoms with Crippen molar-refractivity contribution >= 4 is 23.3 Å². The first-order valence-electron chi connectivity index (χ1n) is 4.06. The van der Waals surface area contributed by atoms with Crippen molar-refractivity contribution in [2.45, 2.75) is 37.3 Å². The number of rotatable bonds is 3. The molecule has 0 aliphatic rings. The lowest BCUT2D eigenvalue weighted by Gasteiger charge is -2.11. The van der Waals surface area contributed by atoms with Gasteiger partial charge in [-0.1, -0.05) is 32.5 Å². The third-order valence-corrected chi connectivity index (χ3v) is 4.06. The van der Waals surface area contributed by atoms with E-state index in [9.17, 15) is 0 Å². The van der Waals surface area contributed by atoms with Gasteiger partial charge in [-0.15, -0.1) is 0 Å². The molecule has 0 spiro atoms. The van der Waals surface area contributed by atoms with E-state index in [0.717, 1.165) is 10.2 Å². The van der Waals surface area contributed by atoms with Crippen LogP contribution in [0, 0.1) is 12.8 Å². The van der Waals surface area contributed by atoms with Crippen LogP contribution in [0.1, 0.15) is 26.6 Å². The number of thioether (sulfide) groups is 1. The van der Waals surface area contributed by atoms with E-state index < -0.39 is 0 Å². The molecule has 1 aromatic heterocycles. The highest BCUT2D eigenvalue weighted by Gasteiger charge is 2.11. The highest BCUT2D eigenvalue weighted by Crippen LogP contribution is 2.28. The van der Waals surface area contributed by atoms with Gasteiger partial charge in [0, 0.05) is 5.25 Å². The largest absolute Gasteiger partial charge is 0.213 e. The van der Waals surface area contributed by atoms with E-state index in [-0.39, 0.29) is 0 Å². The monoisotopic (exact) mass is 202 g/mol.